The monoisotopic (exact) mass is 273 g/mol. The number of aromatic nitrogens is 2. The number of hydrogen-bond acceptors (Lipinski definition) is 2. The number of H-pyrrole nitrogens is 1. The first-order valence-electron chi connectivity index (χ1n) is 7.89. The lowest BCUT2D eigenvalue weighted by molar-refractivity contribution is -0.140. The van der Waals surface area contributed by atoms with Crippen LogP contribution in [0.15, 0.2) is 0 Å². The van der Waals surface area contributed by atoms with E-state index >= 15 is 0 Å². The van der Waals surface area contributed by atoms with E-state index in [4.69, 9.17) is 0 Å². The third kappa shape index (κ3) is 1.73. The van der Waals surface area contributed by atoms with Gasteiger partial charge >= 0.3 is 0 Å². The molecule has 108 valence electrons. The smallest absolute Gasteiger partial charge is 0.231 e. The summed E-state index contributed by atoms with van der Waals surface area (Å²) < 4.78 is 0. The summed E-state index contributed by atoms with van der Waals surface area (Å²) in [6, 6.07) is 0. The normalized spacial score (nSPS) is 38.2. The van der Waals surface area contributed by atoms with Crippen LogP contribution in [0.4, 0.5) is 5.82 Å². The van der Waals surface area contributed by atoms with E-state index in [1.165, 1.54) is 19.3 Å². The van der Waals surface area contributed by atoms with Gasteiger partial charge in [-0.3, -0.25) is 9.89 Å². The Labute approximate surface area is 119 Å². The number of anilines is 1. The van der Waals surface area contributed by atoms with Gasteiger partial charge in [0.15, 0.2) is 5.82 Å². The van der Waals surface area contributed by atoms with E-state index < -0.39 is 0 Å². The number of carbonyl (C=O) groups is 1. The Bertz CT molecular complexity index is 525. The Morgan fingerprint density at radius 1 is 1.15 bits per heavy atom. The van der Waals surface area contributed by atoms with Crippen molar-refractivity contribution >= 4 is 11.7 Å². The van der Waals surface area contributed by atoms with Crippen LogP contribution in [0.2, 0.25) is 0 Å². The van der Waals surface area contributed by atoms with E-state index in [-0.39, 0.29) is 11.3 Å². The molecule has 4 aliphatic carbocycles. The summed E-state index contributed by atoms with van der Waals surface area (Å²) in [6.45, 7) is 4.00. The summed E-state index contributed by atoms with van der Waals surface area (Å²) in [6.07, 6.45) is 7.42. The number of carbonyl (C=O) groups excluding carboxylic acids is 1. The molecule has 1 heterocycles. The molecule has 1 aromatic heterocycles. The maximum atomic E-state index is 12.9. The molecule has 5 rings (SSSR count). The fourth-order valence-electron chi connectivity index (χ4n) is 5.24. The Hall–Kier alpha value is -1.32. The van der Waals surface area contributed by atoms with Crippen LogP contribution in [0.3, 0.4) is 0 Å². The lowest BCUT2D eigenvalue weighted by Gasteiger charge is -2.55. The highest BCUT2D eigenvalue weighted by Crippen LogP contribution is 2.60. The Morgan fingerprint density at radius 3 is 2.15 bits per heavy atom. The SMILES string of the molecule is Cc1[nH]nc(NC(=O)C23CC4CC(CC(C4)C2)C3)c1C. The molecule has 20 heavy (non-hydrogen) atoms. The molecule has 0 unspecified atom stereocenters. The van der Waals surface area contributed by atoms with Crippen LogP contribution in [0.25, 0.3) is 0 Å². The Kier molecular flexibility index (Phi) is 2.54. The maximum absolute atomic E-state index is 12.9. The van der Waals surface area contributed by atoms with Gasteiger partial charge in [-0.1, -0.05) is 0 Å². The van der Waals surface area contributed by atoms with Crippen molar-refractivity contribution in [2.45, 2.75) is 52.4 Å². The van der Waals surface area contributed by atoms with Crippen LogP contribution in [-0.4, -0.2) is 16.1 Å². The fraction of sp³-hybridized carbons (Fsp3) is 0.750. The number of aromatic amines is 1. The van der Waals surface area contributed by atoms with Gasteiger partial charge in [0.2, 0.25) is 5.91 Å². The van der Waals surface area contributed by atoms with Gasteiger partial charge in [-0.05, 0) is 70.1 Å². The first-order chi connectivity index (χ1) is 9.56. The van der Waals surface area contributed by atoms with Crippen molar-refractivity contribution in [1.82, 2.24) is 10.2 Å². The second-order valence-electron chi connectivity index (χ2n) is 7.47. The average molecular weight is 273 g/mol. The van der Waals surface area contributed by atoms with Crippen LogP contribution < -0.4 is 5.32 Å². The van der Waals surface area contributed by atoms with Gasteiger partial charge in [0.25, 0.3) is 0 Å². The van der Waals surface area contributed by atoms with Gasteiger partial charge in [0.05, 0.1) is 5.41 Å². The zero-order valence-electron chi connectivity index (χ0n) is 12.3. The molecule has 4 fully saturated rings. The predicted molar refractivity (Wildman–Crippen MR) is 77.3 cm³/mol. The van der Waals surface area contributed by atoms with Crippen LogP contribution in [-0.2, 0) is 4.79 Å². The van der Waals surface area contributed by atoms with E-state index in [1.54, 1.807) is 0 Å². The lowest BCUT2D eigenvalue weighted by atomic mass is 9.49. The summed E-state index contributed by atoms with van der Waals surface area (Å²) in [4.78, 5) is 12.9. The fourth-order valence-corrected chi connectivity index (χ4v) is 5.24. The Balaban J connectivity index is 1.58. The average Bonchev–Trinajstić information content (AvgIpc) is 2.69. The molecule has 4 saturated carbocycles. The molecule has 1 amide bonds. The van der Waals surface area contributed by atoms with Crippen molar-refractivity contribution in [2.24, 2.45) is 23.2 Å². The van der Waals surface area contributed by atoms with Crippen LogP contribution in [0.1, 0.15) is 49.8 Å². The molecule has 1 aromatic rings. The highest BCUT2D eigenvalue weighted by Gasteiger charge is 2.54. The number of nitrogens with one attached hydrogen (secondary N) is 2. The summed E-state index contributed by atoms with van der Waals surface area (Å²) in [5, 5.41) is 10.3. The summed E-state index contributed by atoms with van der Waals surface area (Å²) in [5.74, 6) is 3.35. The van der Waals surface area contributed by atoms with Crippen molar-refractivity contribution in [2.75, 3.05) is 5.32 Å². The van der Waals surface area contributed by atoms with Crippen molar-refractivity contribution in [3.63, 3.8) is 0 Å². The molecular weight excluding hydrogens is 250 g/mol. The number of amides is 1. The second-order valence-corrected chi connectivity index (χ2v) is 7.47. The van der Waals surface area contributed by atoms with Gasteiger partial charge in [0.1, 0.15) is 0 Å². The molecule has 4 nitrogen and oxygen atoms in total. The molecule has 0 atom stereocenters. The maximum Gasteiger partial charge on any atom is 0.231 e. The summed E-state index contributed by atoms with van der Waals surface area (Å²) in [7, 11) is 0. The van der Waals surface area contributed by atoms with Crippen LogP contribution in [0.5, 0.6) is 0 Å². The molecule has 2 N–H and O–H groups in total. The molecule has 4 heteroatoms. The van der Waals surface area contributed by atoms with Gasteiger partial charge < -0.3 is 5.32 Å². The van der Waals surface area contributed by atoms with Crippen molar-refractivity contribution in [3.05, 3.63) is 11.3 Å². The highest BCUT2D eigenvalue weighted by molar-refractivity contribution is 5.95. The molecule has 4 aliphatic rings. The number of nitrogens with zero attached hydrogens (tertiary/aromatic N) is 1. The van der Waals surface area contributed by atoms with E-state index in [9.17, 15) is 4.79 Å². The zero-order chi connectivity index (χ0) is 13.9. The minimum absolute atomic E-state index is 0.0892. The highest BCUT2D eigenvalue weighted by atomic mass is 16.2. The summed E-state index contributed by atoms with van der Waals surface area (Å²) >= 11 is 0. The molecule has 0 radical (unpaired) electrons. The topological polar surface area (TPSA) is 57.8 Å². The number of rotatable bonds is 2. The van der Waals surface area contributed by atoms with E-state index in [0.29, 0.717) is 0 Å². The van der Waals surface area contributed by atoms with E-state index in [1.807, 2.05) is 13.8 Å². The summed E-state index contributed by atoms with van der Waals surface area (Å²) in [5.41, 5.74) is 2.00. The minimum atomic E-state index is -0.0892. The third-order valence-electron chi connectivity index (χ3n) is 6.00. The van der Waals surface area contributed by atoms with Gasteiger partial charge in [-0.2, -0.15) is 5.10 Å². The molecule has 0 aliphatic heterocycles. The van der Waals surface area contributed by atoms with Crippen molar-refractivity contribution < 1.29 is 4.79 Å². The molecule has 0 aromatic carbocycles. The zero-order valence-corrected chi connectivity index (χ0v) is 12.3. The van der Waals surface area contributed by atoms with Gasteiger partial charge in [-0.15, -0.1) is 0 Å². The molecule has 0 spiro atoms. The van der Waals surface area contributed by atoms with E-state index in [2.05, 4.69) is 15.5 Å². The number of hydrogen-bond donors (Lipinski definition) is 2. The van der Waals surface area contributed by atoms with Gasteiger partial charge in [0, 0.05) is 11.3 Å². The van der Waals surface area contributed by atoms with Gasteiger partial charge in [-0.25, -0.2) is 0 Å². The Morgan fingerprint density at radius 2 is 1.70 bits per heavy atom. The largest absolute Gasteiger partial charge is 0.309 e. The second kappa shape index (κ2) is 4.09. The predicted octanol–water partition coefficient (Wildman–Crippen LogP) is 3.18. The van der Waals surface area contributed by atoms with Crippen LogP contribution >= 0.6 is 0 Å². The van der Waals surface area contributed by atoms with Crippen molar-refractivity contribution in [3.8, 4) is 0 Å². The van der Waals surface area contributed by atoms with Crippen molar-refractivity contribution in [1.29, 1.82) is 0 Å². The third-order valence-corrected chi connectivity index (χ3v) is 6.00. The minimum Gasteiger partial charge on any atom is -0.309 e. The molecule has 0 saturated heterocycles. The first-order valence-corrected chi connectivity index (χ1v) is 7.89. The first kappa shape index (κ1) is 12.4. The van der Waals surface area contributed by atoms with E-state index in [0.717, 1.165) is 54.1 Å². The standard InChI is InChI=1S/C16H23N3O/c1-9-10(2)18-19-14(9)17-15(20)16-6-11-3-12(7-16)5-13(4-11)8-16/h11-13H,3-8H2,1-2H3,(H2,17,18,19,20). The lowest BCUT2D eigenvalue weighted by Crippen LogP contribution is -2.51. The van der Waals surface area contributed by atoms with Crippen LogP contribution in [0, 0.1) is 37.0 Å². The number of aryl methyl sites for hydroxylation is 1. The quantitative estimate of drug-likeness (QED) is 0.869. The molecule has 4 bridgehead atoms. The molecular formula is C16H23N3O.